The highest BCUT2D eigenvalue weighted by molar-refractivity contribution is 7.89. The predicted molar refractivity (Wildman–Crippen MR) is 132 cm³/mol. The highest BCUT2D eigenvalue weighted by atomic mass is 32.2. The van der Waals surface area contributed by atoms with Crippen molar-refractivity contribution in [3.63, 3.8) is 0 Å². The monoisotopic (exact) mass is 477 g/mol. The SMILES string of the molecule is CCCCCCCCCC/C=C/C=C/C(=O)CN(CC(=O)OC)S(=O)(=O)c1ccc(C)cc1. The van der Waals surface area contributed by atoms with E-state index in [1.807, 2.05) is 13.0 Å². The van der Waals surface area contributed by atoms with Crippen LogP contribution in [0.4, 0.5) is 0 Å². The Morgan fingerprint density at radius 3 is 2.12 bits per heavy atom. The van der Waals surface area contributed by atoms with Gasteiger partial charge in [0, 0.05) is 0 Å². The van der Waals surface area contributed by atoms with Gasteiger partial charge in [0.15, 0.2) is 5.78 Å². The maximum Gasteiger partial charge on any atom is 0.321 e. The largest absolute Gasteiger partial charge is 0.468 e. The Morgan fingerprint density at radius 1 is 0.909 bits per heavy atom. The lowest BCUT2D eigenvalue weighted by molar-refractivity contribution is -0.140. The minimum Gasteiger partial charge on any atom is -0.468 e. The molecule has 0 aliphatic heterocycles. The zero-order chi connectivity index (χ0) is 24.5. The molecule has 7 heteroatoms. The van der Waals surface area contributed by atoms with Gasteiger partial charge in [-0.3, -0.25) is 9.59 Å². The Balaban J connectivity index is 2.54. The van der Waals surface area contributed by atoms with Crippen molar-refractivity contribution in [1.29, 1.82) is 0 Å². The molecule has 1 rings (SSSR count). The summed E-state index contributed by atoms with van der Waals surface area (Å²) in [7, 11) is -2.84. The molecule has 0 saturated heterocycles. The molecule has 0 saturated carbocycles. The van der Waals surface area contributed by atoms with Crippen LogP contribution in [-0.4, -0.2) is 44.7 Å². The molecule has 33 heavy (non-hydrogen) atoms. The standard InChI is InChI=1S/C26H39NO5S/c1-4-5-6-7-8-9-10-11-12-13-14-15-16-24(28)21-27(22-26(29)32-3)33(30,31)25-19-17-23(2)18-20-25/h13-20H,4-12,21-22H2,1-3H3/b14-13+,16-15+. The maximum absolute atomic E-state index is 12.9. The summed E-state index contributed by atoms with van der Waals surface area (Å²) in [6.07, 6.45) is 17.8. The molecule has 0 atom stereocenters. The van der Waals surface area contributed by atoms with E-state index in [0.717, 1.165) is 22.7 Å². The van der Waals surface area contributed by atoms with Crippen LogP contribution in [0, 0.1) is 6.92 Å². The van der Waals surface area contributed by atoms with Crippen molar-refractivity contribution >= 4 is 21.8 Å². The van der Waals surface area contributed by atoms with Crippen molar-refractivity contribution in [1.82, 2.24) is 4.31 Å². The van der Waals surface area contributed by atoms with Crippen molar-refractivity contribution in [2.45, 2.75) is 76.5 Å². The van der Waals surface area contributed by atoms with E-state index in [2.05, 4.69) is 11.7 Å². The molecule has 0 aliphatic rings. The summed E-state index contributed by atoms with van der Waals surface area (Å²) in [4.78, 5) is 24.1. The average molecular weight is 478 g/mol. The molecular formula is C26H39NO5S. The molecule has 1 aromatic carbocycles. The Kier molecular flexibility index (Phi) is 14.3. The third-order valence-corrected chi connectivity index (χ3v) is 7.08. The van der Waals surface area contributed by atoms with Gasteiger partial charge < -0.3 is 4.74 Å². The fourth-order valence-corrected chi connectivity index (χ4v) is 4.60. The van der Waals surface area contributed by atoms with E-state index >= 15 is 0 Å². The van der Waals surface area contributed by atoms with Crippen molar-refractivity contribution in [3.8, 4) is 0 Å². The summed E-state index contributed by atoms with van der Waals surface area (Å²) < 4.78 is 31.3. The van der Waals surface area contributed by atoms with Crippen LogP contribution >= 0.6 is 0 Å². The van der Waals surface area contributed by atoms with Gasteiger partial charge in [0.05, 0.1) is 18.6 Å². The lowest BCUT2D eigenvalue weighted by Crippen LogP contribution is -2.39. The first kappa shape index (κ1) is 28.8. The first-order chi connectivity index (χ1) is 15.8. The van der Waals surface area contributed by atoms with E-state index in [1.165, 1.54) is 70.3 Å². The molecule has 0 unspecified atom stereocenters. The maximum atomic E-state index is 12.9. The number of carbonyl (C=O) groups excluding carboxylic acids is 2. The number of rotatable bonds is 17. The van der Waals surface area contributed by atoms with Crippen molar-refractivity contribution in [3.05, 3.63) is 54.1 Å². The van der Waals surface area contributed by atoms with Crippen molar-refractivity contribution in [2.75, 3.05) is 20.2 Å². The number of nitrogens with zero attached hydrogens (tertiary/aromatic N) is 1. The Morgan fingerprint density at radius 2 is 1.52 bits per heavy atom. The molecule has 0 radical (unpaired) electrons. The summed E-state index contributed by atoms with van der Waals surface area (Å²) in [6.45, 7) is 3.10. The van der Waals surface area contributed by atoms with E-state index in [0.29, 0.717) is 0 Å². The van der Waals surface area contributed by atoms with Crippen LogP contribution in [0.1, 0.15) is 70.3 Å². The van der Waals surface area contributed by atoms with Gasteiger partial charge in [0.25, 0.3) is 0 Å². The number of allylic oxidation sites excluding steroid dienone is 3. The molecule has 6 nitrogen and oxygen atoms in total. The summed E-state index contributed by atoms with van der Waals surface area (Å²) in [5.41, 5.74) is 0.909. The quantitative estimate of drug-likeness (QED) is 0.130. The number of methoxy groups -OCH3 is 1. The van der Waals surface area contributed by atoms with E-state index in [-0.39, 0.29) is 4.90 Å². The van der Waals surface area contributed by atoms with E-state index in [4.69, 9.17) is 0 Å². The Bertz CT molecular complexity index is 872. The van der Waals surface area contributed by atoms with Gasteiger partial charge in [0.2, 0.25) is 10.0 Å². The number of benzene rings is 1. The van der Waals surface area contributed by atoms with Gasteiger partial charge in [-0.15, -0.1) is 0 Å². The van der Waals surface area contributed by atoms with Crippen molar-refractivity contribution in [2.24, 2.45) is 0 Å². The number of esters is 1. The Hall–Kier alpha value is -2.25. The summed E-state index contributed by atoms with van der Waals surface area (Å²) >= 11 is 0. The molecule has 0 aromatic heterocycles. The zero-order valence-electron chi connectivity index (χ0n) is 20.3. The molecule has 0 spiro atoms. The number of ether oxygens (including phenoxy) is 1. The van der Waals surface area contributed by atoms with E-state index < -0.39 is 34.9 Å². The molecule has 0 N–H and O–H groups in total. The normalized spacial score (nSPS) is 12.1. The number of aryl methyl sites for hydroxylation is 1. The number of unbranched alkanes of at least 4 members (excludes halogenated alkanes) is 8. The molecule has 0 amide bonds. The fraction of sp³-hybridized carbons (Fsp3) is 0.538. The minimum atomic E-state index is -4.01. The topological polar surface area (TPSA) is 80.8 Å². The lowest BCUT2D eigenvalue weighted by atomic mass is 10.1. The minimum absolute atomic E-state index is 0.0269. The molecule has 0 bridgehead atoms. The molecule has 0 aliphatic carbocycles. The van der Waals surface area contributed by atoms with Crippen LogP contribution in [0.5, 0.6) is 0 Å². The summed E-state index contributed by atoms with van der Waals surface area (Å²) in [6, 6.07) is 6.26. The molecular weight excluding hydrogens is 438 g/mol. The van der Waals surface area contributed by atoms with Crippen LogP contribution in [0.15, 0.2) is 53.5 Å². The summed E-state index contributed by atoms with van der Waals surface area (Å²) in [5, 5.41) is 0. The van der Waals surface area contributed by atoms with Gasteiger partial charge in [-0.1, -0.05) is 87.8 Å². The van der Waals surface area contributed by atoms with Crippen LogP contribution in [0.25, 0.3) is 0 Å². The van der Waals surface area contributed by atoms with E-state index in [9.17, 15) is 18.0 Å². The number of sulfonamides is 1. The number of ketones is 1. The van der Waals surface area contributed by atoms with E-state index in [1.54, 1.807) is 24.3 Å². The van der Waals surface area contributed by atoms with Crippen molar-refractivity contribution < 1.29 is 22.7 Å². The first-order valence-electron chi connectivity index (χ1n) is 11.8. The van der Waals surface area contributed by atoms with Crippen LogP contribution in [0.2, 0.25) is 0 Å². The zero-order valence-corrected chi connectivity index (χ0v) is 21.1. The second-order valence-corrected chi connectivity index (χ2v) is 10.1. The average Bonchev–Trinajstić information content (AvgIpc) is 2.79. The predicted octanol–water partition coefficient (Wildman–Crippen LogP) is 5.37. The number of hydrogen-bond acceptors (Lipinski definition) is 5. The highest BCUT2D eigenvalue weighted by Gasteiger charge is 2.28. The lowest BCUT2D eigenvalue weighted by Gasteiger charge is -2.19. The fourth-order valence-electron chi connectivity index (χ4n) is 3.25. The van der Waals surface area contributed by atoms with Crippen LogP contribution in [-0.2, 0) is 24.3 Å². The van der Waals surface area contributed by atoms with Gasteiger partial charge >= 0.3 is 5.97 Å². The number of carbonyl (C=O) groups is 2. The Labute approximate surface area is 199 Å². The summed E-state index contributed by atoms with van der Waals surface area (Å²) in [5.74, 6) is -1.14. The van der Waals surface area contributed by atoms with Gasteiger partial charge in [-0.2, -0.15) is 4.31 Å². The molecule has 184 valence electrons. The van der Waals surface area contributed by atoms with Gasteiger partial charge in [0.1, 0.15) is 6.54 Å². The van der Waals surface area contributed by atoms with Crippen LogP contribution in [0.3, 0.4) is 0 Å². The second kappa shape index (κ2) is 16.4. The second-order valence-electron chi connectivity index (χ2n) is 8.18. The number of hydrogen-bond donors (Lipinski definition) is 0. The highest BCUT2D eigenvalue weighted by Crippen LogP contribution is 2.16. The third kappa shape index (κ3) is 12.0. The molecule has 0 fully saturated rings. The van der Waals surface area contributed by atoms with Gasteiger partial charge in [-0.25, -0.2) is 8.42 Å². The third-order valence-electron chi connectivity index (χ3n) is 5.28. The molecule has 1 aromatic rings. The van der Waals surface area contributed by atoms with Crippen LogP contribution < -0.4 is 0 Å². The van der Waals surface area contributed by atoms with Gasteiger partial charge in [-0.05, 0) is 38.0 Å². The first-order valence-corrected chi connectivity index (χ1v) is 13.2. The molecule has 0 heterocycles. The smallest absolute Gasteiger partial charge is 0.321 e.